The Morgan fingerprint density at radius 3 is 2.64 bits per heavy atom. The highest BCUT2D eigenvalue weighted by molar-refractivity contribution is 5.93. The van der Waals surface area contributed by atoms with E-state index in [2.05, 4.69) is 4.98 Å². The lowest BCUT2D eigenvalue weighted by Gasteiger charge is -2.55. The van der Waals surface area contributed by atoms with E-state index in [0.29, 0.717) is 37.5 Å². The molecule has 1 aromatic heterocycles. The average Bonchev–Trinajstić information content (AvgIpc) is 3.06. The summed E-state index contributed by atoms with van der Waals surface area (Å²) in [6.07, 6.45) is 3.11. The Balaban J connectivity index is 1.78. The number of carbonyl (C=O) groups is 2. The van der Waals surface area contributed by atoms with Crippen LogP contribution in [0.2, 0.25) is 0 Å². The number of halogens is 1. The third-order valence-electron chi connectivity index (χ3n) is 5.48. The second-order valence-corrected chi connectivity index (χ2v) is 7.42. The first-order valence-electron chi connectivity index (χ1n) is 9.07. The molecule has 2 fully saturated rings. The summed E-state index contributed by atoms with van der Waals surface area (Å²) >= 11 is 0. The zero-order valence-electron chi connectivity index (χ0n) is 15.1. The van der Waals surface area contributed by atoms with Gasteiger partial charge in [-0.15, -0.1) is 0 Å². The molecular formula is C18H26FN3O3. The highest BCUT2D eigenvalue weighted by Gasteiger charge is 2.50. The third-order valence-corrected chi connectivity index (χ3v) is 5.48. The number of carbonyl (C=O) groups excluding carboxylic acids is 2. The van der Waals surface area contributed by atoms with Gasteiger partial charge >= 0.3 is 0 Å². The molecule has 6 nitrogen and oxygen atoms in total. The number of oxazole rings is 1. The van der Waals surface area contributed by atoms with Crippen molar-refractivity contribution in [1.29, 1.82) is 0 Å². The fourth-order valence-corrected chi connectivity index (χ4v) is 3.77. The molecule has 1 aromatic rings. The van der Waals surface area contributed by atoms with Crippen LogP contribution in [0.1, 0.15) is 56.3 Å². The molecule has 1 saturated heterocycles. The van der Waals surface area contributed by atoms with E-state index in [9.17, 15) is 14.0 Å². The number of amides is 2. The summed E-state index contributed by atoms with van der Waals surface area (Å²) in [6, 6.07) is 0. The van der Waals surface area contributed by atoms with Crippen LogP contribution in [0.25, 0.3) is 0 Å². The first-order valence-corrected chi connectivity index (χ1v) is 9.07. The Morgan fingerprint density at radius 2 is 2.08 bits per heavy atom. The van der Waals surface area contributed by atoms with Crippen molar-refractivity contribution in [3.63, 3.8) is 0 Å². The SMILES string of the molecule is CCc1ncoc1C(=O)N1CCN(C(=O)C(F)C(C)C)CC12CCC2. The molecule has 0 radical (unpaired) electrons. The van der Waals surface area contributed by atoms with Crippen molar-refractivity contribution in [1.82, 2.24) is 14.8 Å². The van der Waals surface area contributed by atoms with Crippen molar-refractivity contribution in [3.05, 3.63) is 17.8 Å². The largest absolute Gasteiger partial charge is 0.438 e. The van der Waals surface area contributed by atoms with Crippen LogP contribution in [-0.2, 0) is 11.2 Å². The molecule has 1 aliphatic heterocycles. The van der Waals surface area contributed by atoms with Gasteiger partial charge in [0.1, 0.15) is 0 Å². The van der Waals surface area contributed by atoms with Crippen LogP contribution in [-0.4, -0.2) is 57.9 Å². The Hall–Kier alpha value is -1.92. The van der Waals surface area contributed by atoms with Crippen molar-refractivity contribution in [2.45, 2.75) is 58.2 Å². The monoisotopic (exact) mass is 351 g/mol. The van der Waals surface area contributed by atoms with Gasteiger partial charge in [0.2, 0.25) is 5.76 Å². The molecule has 1 spiro atoms. The van der Waals surface area contributed by atoms with Gasteiger partial charge in [-0.05, 0) is 31.6 Å². The molecule has 2 amide bonds. The quantitative estimate of drug-likeness (QED) is 0.836. The number of rotatable bonds is 4. The highest BCUT2D eigenvalue weighted by atomic mass is 19.1. The van der Waals surface area contributed by atoms with Gasteiger partial charge in [0.15, 0.2) is 12.6 Å². The first kappa shape index (κ1) is 17.9. The zero-order valence-corrected chi connectivity index (χ0v) is 15.1. The number of piperazine rings is 1. The molecule has 2 aliphatic rings. The van der Waals surface area contributed by atoms with Gasteiger partial charge in [-0.3, -0.25) is 9.59 Å². The third kappa shape index (κ3) is 3.04. The van der Waals surface area contributed by atoms with Gasteiger partial charge in [-0.25, -0.2) is 9.37 Å². The van der Waals surface area contributed by atoms with Gasteiger partial charge < -0.3 is 14.2 Å². The maximum absolute atomic E-state index is 14.2. The molecular weight excluding hydrogens is 325 g/mol. The number of alkyl halides is 1. The predicted molar refractivity (Wildman–Crippen MR) is 89.8 cm³/mol. The van der Waals surface area contributed by atoms with Crippen LogP contribution in [0.15, 0.2) is 10.8 Å². The minimum Gasteiger partial charge on any atom is -0.438 e. The highest BCUT2D eigenvalue weighted by Crippen LogP contribution is 2.41. The standard InChI is InChI=1S/C18H26FN3O3/c1-4-13-15(25-11-20-13)17(24)22-9-8-21(10-18(22)6-5-7-18)16(23)14(19)12(2)3/h11-12,14H,4-10H2,1-3H3. The molecule has 25 heavy (non-hydrogen) atoms. The van der Waals surface area contributed by atoms with E-state index < -0.39 is 12.1 Å². The van der Waals surface area contributed by atoms with E-state index in [1.807, 2.05) is 11.8 Å². The zero-order chi connectivity index (χ0) is 18.2. The minimum absolute atomic E-state index is 0.165. The van der Waals surface area contributed by atoms with Crippen molar-refractivity contribution in [2.24, 2.45) is 5.92 Å². The lowest BCUT2D eigenvalue weighted by atomic mass is 9.73. The van der Waals surface area contributed by atoms with E-state index in [1.54, 1.807) is 18.7 Å². The van der Waals surface area contributed by atoms with Crippen molar-refractivity contribution >= 4 is 11.8 Å². The molecule has 1 saturated carbocycles. The lowest BCUT2D eigenvalue weighted by Crippen LogP contribution is -2.68. The molecule has 1 aliphatic carbocycles. The number of nitrogens with zero attached hydrogens (tertiary/aromatic N) is 3. The average molecular weight is 351 g/mol. The summed E-state index contributed by atoms with van der Waals surface area (Å²) in [4.78, 5) is 32.9. The Bertz CT molecular complexity index is 654. The van der Waals surface area contributed by atoms with Gasteiger partial charge in [-0.1, -0.05) is 20.8 Å². The fraction of sp³-hybridized carbons (Fsp3) is 0.722. The van der Waals surface area contributed by atoms with Crippen molar-refractivity contribution < 1.29 is 18.4 Å². The topological polar surface area (TPSA) is 66.7 Å². The lowest BCUT2D eigenvalue weighted by molar-refractivity contribution is -0.145. The molecule has 0 bridgehead atoms. The summed E-state index contributed by atoms with van der Waals surface area (Å²) in [6.45, 7) is 6.50. The summed E-state index contributed by atoms with van der Waals surface area (Å²) in [5, 5.41) is 0. The fourth-order valence-electron chi connectivity index (χ4n) is 3.77. The van der Waals surface area contributed by atoms with E-state index in [4.69, 9.17) is 4.42 Å². The second kappa shape index (κ2) is 6.77. The van der Waals surface area contributed by atoms with Gasteiger partial charge in [0.05, 0.1) is 11.2 Å². The van der Waals surface area contributed by atoms with Gasteiger partial charge in [0.25, 0.3) is 11.8 Å². The van der Waals surface area contributed by atoms with Crippen molar-refractivity contribution in [3.8, 4) is 0 Å². The molecule has 1 unspecified atom stereocenters. The Morgan fingerprint density at radius 1 is 1.36 bits per heavy atom. The summed E-state index contributed by atoms with van der Waals surface area (Å²) in [7, 11) is 0. The molecule has 0 aromatic carbocycles. The molecule has 1 atom stereocenters. The second-order valence-electron chi connectivity index (χ2n) is 7.42. The van der Waals surface area contributed by atoms with Gasteiger partial charge in [0, 0.05) is 19.6 Å². The van der Waals surface area contributed by atoms with Crippen LogP contribution in [0, 0.1) is 5.92 Å². The smallest absolute Gasteiger partial charge is 0.292 e. The molecule has 2 heterocycles. The van der Waals surface area contributed by atoms with E-state index in [-0.39, 0.29) is 17.4 Å². The summed E-state index contributed by atoms with van der Waals surface area (Å²) in [5.74, 6) is -0.672. The number of aryl methyl sites for hydroxylation is 1. The van der Waals surface area contributed by atoms with E-state index >= 15 is 0 Å². The first-order chi connectivity index (χ1) is 11.9. The summed E-state index contributed by atoms with van der Waals surface area (Å²) < 4.78 is 19.5. The predicted octanol–water partition coefficient (Wildman–Crippen LogP) is 2.44. The molecule has 3 rings (SSSR count). The minimum atomic E-state index is -1.49. The normalized spacial score (nSPS) is 20.7. The number of hydrogen-bond acceptors (Lipinski definition) is 4. The number of hydrogen-bond donors (Lipinski definition) is 0. The van der Waals surface area contributed by atoms with Crippen LogP contribution >= 0.6 is 0 Å². The van der Waals surface area contributed by atoms with Crippen LogP contribution < -0.4 is 0 Å². The molecule has 138 valence electrons. The maximum atomic E-state index is 14.2. The maximum Gasteiger partial charge on any atom is 0.292 e. The van der Waals surface area contributed by atoms with Crippen LogP contribution in [0.4, 0.5) is 4.39 Å². The summed E-state index contributed by atoms with van der Waals surface area (Å²) in [5.41, 5.74) is 0.265. The van der Waals surface area contributed by atoms with E-state index in [0.717, 1.165) is 19.3 Å². The van der Waals surface area contributed by atoms with Crippen LogP contribution in [0.5, 0.6) is 0 Å². The number of aromatic nitrogens is 1. The van der Waals surface area contributed by atoms with Crippen molar-refractivity contribution in [2.75, 3.05) is 19.6 Å². The van der Waals surface area contributed by atoms with Gasteiger partial charge in [-0.2, -0.15) is 0 Å². The molecule has 0 N–H and O–H groups in total. The van der Waals surface area contributed by atoms with E-state index in [1.165, 1.54) is 6.39 Å². The Labute approximate surface area is 147 Å². The van der Waals surface area contributed by atoms with Crippen LogP contribution in [0.3, 0.4) is 0 Å². The Kier molecular flexibility index (Phi) is 4.84. The molecule has 7 heteroatoms.